The number of aliphatic carboxylic acids is 1. The Balaban J connectivity index is 0.000000604. The molecule has 0 fully saturated rings. The predicted molar refractivity (Wildman–Crippen MR) is 134 cm³/mol. The maximum absolute atomic E-state index is 12.8. The van der Waals surface area contributed by atoms with Gasteiger partial charge in [-0.1, -0.05) is 61.9 Å². The summed E-state index contributed by atoms with van der Waals surface area (Å²) in [4.78, 5) is 35.4. The van der Waals surface area contributed by atoms with Crippen LogP contribution in [0.4, 0.5) is 24.5 Å². The van der Waals surface area contributed by atoms with Crippen molar-refractivity contribution in [2.75, 3.05) is 16.8 Å². The smallest absolute Gasteiger partial charge is 0.478 e. The molecular formula is C27H27F3N2O5. The number of amides is 1. The number of nitrogens with zero attached hydrogens (tertiary/aromatic N) is 1. The first-order valence-corrected chi connectivity index (χ1v) is 11.4. The van der Waals surface area contributed by atoms with Crippen molar-refractivity contribution in [1.29, 1.82) is 0 Å². The number of halogens is 3. The summed E-state index contributed by atoms with van der Waals surface area (Å²) in [7, 11) is 0. The van der Waals surface area contributed by atoms with Crippen LogP contribution in [0.15, 0.2) is 78.9 Å². The number of carbonyl (C=O) groups excluding carboxylic acids is 1. The van der Waals surface area contributed by atoms with Crippen LogP contribution in [0.1, 0.15) is 46.0 Å². The van der Waals surface area contributed by atoms with Gasteiger partial charge >= 0.3 is 18.1 Å². The van der Waals surface area contributed by atoms with Gasteiger partial charge in [0.25, 0.3) is 5.91 Å². The Morgan fingerprint density at radius 3 is 1.95 bits per heavy atom. The Kier molecular flexibility index (Phi) is 10.7. The minimum atomic E-state index is -5.08. The molecular weight excluding hydrogens is 489 g/mol. The highest BCUT2D eigenvalue weighted by molar-refractivity contribution is 6.06. The van der Waals surface area contributed by atoms with Crippen LogP contribution in [0, 0.1) is 0 Å². The van der Waals surface area contributed by atoms with Gasteiger partial charge in [0.15, 0.2) is 0 Å². The number of rotatable bonds is 9. The molecule has 0 aromatic heterocycles. The van der Waals surface area contributed by atoms with Crippen LogP contribution in [0.2, 0.25) is 0 Å². The molecule has 0 aliphatic heterocycles. The molecule has 3 N–H and O–H groups in total. The largest absolute Gasteiger partial charge is 0.490 e. The summed E-state index contributed by atoms with van der Waals surface area (Å²) in [6.07, 6.45) is -3.07. The number of unbranched alkanes of at least 4 members (excludes halogenated alkanes) is 1. The molecule has 0 saturated heterocycles. The van der Waals surface area contributed by atoms with Crippen LogP contribution in [-0.2, 0) is 11.3 Å². The fraction of sp³-hybridized carbons (Fsp3) is 0.222. The van der Waals surface area contributed by atoms with Gasteiger partial charge in [0.05, 0.1) is 16.9 Å². The molecule has 0 spiro atoms. The van der Waals surface area contributed by atoms with Crippen molar-refractivity contribution in [1.82, 2.24) is 0 Å². The number of benzene rings is 3. The topological polar surface area (TPSA) is 107 Å². The molecule has 7 nitrogen and oxygen atoms in total. The standard InChI is InChI=1S/C25H26N2O3.C2HF3O2/c1-2-3-16-27(18-19-10-6-4-7-11-19)23-15-14-21(25(29)30)17-22(23)26-24(28)20-12-8-5-9-13-20;3-2(4,5)1(6)7/h4-15,17H,2-3,16,18H2,1H3,(H,26,28)(H,29,30);(H,6,7). The third kappa shape index (κ3) is 9.32. The van der Waals surface area contributed by atoms with Crippen molar-refractivity contribution in [3.05, 3.63) is 95.6 Å². The molecule has 0 bridgehead atoms. The normalized spacial score (nSPS) is 10.6. The van der Waals surface area contributed by atoms with Crippen LogP contribution < -0.4 is 10.2 Å². The molecule has 3 rings (SSSR count). The second-order valence-corrected chi connectivity index (χ2v) is 7.92. The zero-order valence-corrected chi connectivity index (χ0v) is 20.0. The molecule has 0 unspecified atom stereocenters. The molecule has 3 aromatic carbocycles. The van der Waals surface area contributed by atoms with Crippen molar-refractivity contribution in [2.24, 2.45) is 0 Å². The first-order chi connectivity index (χ1) is 17.5. The number of hydrogen-bond acceptors (Lipinski definition) is 4. The van der Waals surface area contributed by atoms with Gasteiger partial charge < -0.3 is 20.4 Å². The van der Waals surface area contributed by atoms with Gasteiger partial charge in [0.1, 0.15) is 0 Å². The number of nitrogens with one attached hydrogen (secondary N) is 1. The number of carbonyl (C=O) groups is 3. The maximum atomic E-state index is 12.8. The fourth-order valence-electron chi connectivity index (χ4n) is 3.27. The maximum Gasteiger partial charge on any atom is 0.490 e. The van der Waals surface area contributed by atoms with E-state index >= 15 is 0 Å². The van der Waals surface area contributed by atoms with E-state index in [1.165, 1.54) is 6.07 Å². The van der Waals surface area contributed by atoms with Crippen LogP contribution in [0.25, 0.3) is 0 Å². The van der Waals surface area contributed by atoms with E-state index in [4.69, 9.17) is 9.90 Å². The minimum Gasteiger partial charge on any atom is -0.478 e. The Morgan fingerprint density at radius 2 is 1.43 bits per heavy atom. The van der Waals surface area contributed by atoms with Crippen LogP contribution >= 0.6 is 0 Å². The number of aromatic carboxylic acids is 1. The molecule has 3 aromatic rings. The van der Waals surface area contributed by atoms with Crippen molar-refractivity contribution >= 4 is 29.2 Å². The third-order valence-electron chi connectivity index (χ3n) is 5.11. The van der Waals surface area contributed by atoms with Gasteiger partial charge in [0, 0.05) is 18.7 Å². The molecule has 10 heteroatoms. The van der Waals surface area contributed by atoms with Crippen molar-refractivity contribution < 1.29 is 37.8 Å². The molecule has 0 saturated carbocycles. The molecule has 0 aliphatic carbocycles. The lowest BCUT2D eigenvalue weighted by Gasteiger charge is -2.27. The third-order valence-corrected chi connectivity index (χ3v) is 5.11. The SMILES string of the molecule is CCCCN(Cc1ccccc1)c1ccc(C(=O)O)cc1NC(=O)c1ccccc1.O=C(O)C(F)(F)F. The average Bonchev–Trinajstić information content (AvgIpc) is 2.87. The van der Waals surface area contributed by atoms with Gasteiger partial charge in [-0.25, -0.2) is 9.59 Å². The molecule has 0 atom stereocenters. The molecule has 1 amide bonds. The summed E-state index contributed by atoms with van der Waals surface area (Å²) in [6.45, 7) is 3.60. The lowest BCUT2D eigenvalue weighted by Crippen LogP contribution is -2.26. The van der Waals surface area contributed by atoms with Crippen molar-refractivity contribution in [2.45, 2.75) is 32.5 Å². The Morgan fingerprint density at radius 1 is 0.865 bits per heavy atom. The first-order valence-electron chi connectivity index (χ1n) is 11.4. The van der Waals surface area contributed by atoms with Gasteiger partial charge in [-0.3, -0.25) is 4.79 Å². The van der Waals surface area contributed by atoms with E-state index < -0.39 is 18.1 Å². The molecule has 0 heterocycles. The van der Waals surface area contributed by atoms with Crippen LogP contribution in [0.3, 0.4) is 0 Å². The average molecular weight is 517 g/mol. The number of anilines is 2. The molecule has 0 aliphatic rings. The van der Waals surface area contributed by atoms with E-state index in [0.717, 1.165) is 30.6 Å². The summed E-state index contributed by atoms with van der Waals surface area (Å²) in [5.41, 5.74) is 3.11. The first kappa shape index (κ1) is 28.9. The summed E-state index contributed by atoms with van der Waals surface area (Å²) in [5, 5.41) is 19.5. The Hall–Kier alpha value is -4.34. The summed E-state index contributed by atoms with van der Waals surface area (Å²) < 4.78 is 31.7. The lowest BCUT2D eigenvalue weighted by atomic mass is 10.1. The summed E-state index contributed by atoms with van der Waals surface area (Å²) in [5.74, 6) is -4.05. The Labute approximate surface area is 212 Å². The minimum absolute atomic E-state index is 0.136. The predicted octanol–water partition coefficient (Wildman–Crippen LogP) is 6.08. The van der Waals surface area contributed by atoms with E-state index in [0.29, 0.717) is 17.8 Å². The highest BCUT2D eigenvalue weighted by Gasteiger charge is 2.38. The zero-order chi connectivity index (χ0) is 27.4. The van der Waals surface area contributed by atoms with E-state index in [1.807, 2.05) is 24.3 Å². The fourth-order valence-corrected chi connectivity index (χ4v) is 3.27. The monoisotopic (exact) mass is 516 g/mol. The van der Waals surface area contributed by atoms with E-state index in [1.54, 1.807) is 36.4 Å². The van der Waals surface area contributed by atoms with Gasteiger partial charge in [0.2, 0.25) is 0 Å². The highest BCUT2D eigenvalue weighted by Crippen LogP contribution is 2.30. The van der Waals surface area contributed by atoms with Crippen LogP contribution in [-0.4, -0.2) is 40.8 Å². The lowest BCUT2D eigenvalue weighted by molar-refractivity contribution is -0.192. The van der Waals surface area contributed by atoms with Crippen molar-refractivity contribution in [3.8, 4) is 0 Å². The zero-order valence-electron chi connectivity index (χ0n) is 20.0. The summed E-state index contributed by atoms with van der Waals surface area (Å²) >= 11 is 0. The van der Waals surface area contributed by atoms with Crippen molar-refractivity contribution in [3.63, 3.8) is 0 Å². The number of hydrogen-bond donors (Lipinski definition) is 3. The van der Waals surface area contributed by atoms with E-state index in [-0.39, 0.29) is 11.5 Å². The van der Waals surface area contributed by atoms with Gasteiger partial charge in [-0.05, 0) is 42.3 Å². The number of alkyl halides is 3. The van der Waals surface area contributed by atoms with Gasteiger partial charge in [-0.2, -0.15) is 13.2 Å². The molecule has 196 valence electrons. The van der Waals surface area contributed by atoms with Crippen LogP contribution in [0.5, 0.6) is 0 Å². The summed E-state index contributed by atoms with van der Waals surface area (Å²) in [6, 6.07) is 23.9. The van der Waals surface area contributed by atoms with E-state index in [9.17, 15) is 27.9 Å². The second kappa shape index (κ2) is 13.7. The highest BCUT2D eigenvalue weighted by atomic mass is 19.4. The number of carboxylic acid groups (broad SMARTS) is 2. The van der Waals surface area contributed by atoms with Gasteiger partial charge in [-0.15, -0.1) is 0 Å². The number of carboxylic acids is 2. The van der Waals surface area contributed by atoms with E-state index in [2.05, 4.69) is 29.3 Å². The second-order valence-electron chi connectivity index (χ2n) is 7.92. The quantitative estimate of drug-likeness (QED) is 0.318. The molecule has 0 radical (unpaired) electrons. The Bertz CT molecular complexity index is 1190. The molecule has 37 heavy (non-hydrogen) atoms.